The number of nitrogens with two attached hydrogens (primary N) is 1. The first-order valence-electron chi connectivity index (χ1n) is 6.03. The van der Waals surface area contributed by atoms with Gasteiger partial charge in [0.15, 0.2) is 0 Å². The molecule has 0 aliphatic heterocycles. The van der Waals surface area contributed by atoms with Gasteiger partial charge in [-0.3, -0.25) is 4.98 Å². The third kappa shape index (κ3) is 3.08. The summed E-state index contributed by atoms with van der Waals surface area (Å²) in [5, 5.41) is 0. The van der Waals surface area contributed by atoms with E-state index in [0.717, 1.165) is 22.6 Å². The molecular formula is C15H18N2O. The molecule has 1 atom stereocenters. The van der Waals surface area contributed by atoms with E-state index in [1.807, 2.05) is 50.2 Å². The zero-order chi connectivity index (χ0) is 13.0. The SMILES string of the molecule is Cc1cc(C)c(OCC(N)c2ccccc2)cn1. The van der Waals surface area contributed by atoms with Crippen LogP contribution in [0.4, 0.5) is 0 Å². The fourth-order valence-electron chi connectivity index (χ4n) is 1.81. The summed E-state index contributed by atoms with van der Waals surface area (Å²) in [6, 6.07) is 11.8. The van der Waals surface area contributed by atoms with Crippen LogP contribution in [0.15, 0.2) is 42.6 Å². The Balaban J connectivity index is 1.99. The van der Waals surface area contributed by atoms with Gasteiger partial charge in [-0.15, -0.1) is 0 Å². The van der Waals surface area contributed by atoms with Gasteiger partial charge < -0.3 is 10.5 Å². The summed E-state index contributed by atoms with van der Waals surface area (Å²) >= 11 is 0. The molecule has 3 heteroatoms. The van der Waals surface area contributed by atoms with Crippen LogP contribution < -0.4 is 10.5 Å². The predicted octanol–water partition coefficient (Wildman–Crippen LogP) is 2.78. The molecule has 1 unspecified atom stereocenters. The summed E-state index contributed by atoms with van der Waals surface area (Å²) in [6.07, 6.45) is 1.75. The van der Waals surface area contributed by atoms with Crippen molar-refractivity contribution in [3.63, 3.8) is 0 Å². The summed E-state index contributed by atoms with van der Waals surface area (Å²) in [7, 11) is 0. The van der Waals surface area contributed by atoms with Crippen LogP contribution in [-0.4, -0.2) is 11.6 Å². The van der Waals surface area contributed by atoms with Crippen LogP contribution >= 0.6 is 0 Å². The number of aryl methyl sites for hydroxylation is 2. The van der Waals surface area contributed by atoms with Crippen LogP contribution in [0.1, 0.15) is 22.9 Å². The average Bonchev–Trinajstić information content (AvgIpc) is 2.38. The highest BCUT2D eigenvalue weighted by molar-refractivity contribution is 5.31. The second kappa shape index (κ2) is 5.65. The molecular weight excluding hydrogens is 224 g/mol. The van der Waals surface area contributed by atoms with Gasteiger partial charge in [-0.05, 0) is 31.0 Å². The molecule has 0 bridgehead atoms. The molecule has 0 spiro atoms. The van der Waals surface area contributed by atoms with Crippen molar-refractivity contribution < 1.29 is 4.74 Å². The highest BCUT2D eigenvalue weighted by atomic mass is 16.5. The number of rotatable bonds is 4. The van der Waals surface area contributed by atoms with E-state index in [2.05, 4.69) is 4.98 Å². The first-order chi connectivity index (χ1) is 8.66. The van der Waals surface area contributed by atoms with Crippen molar-refractivity contribution in [1.82, 2.24) is 4.98 Å². The van der Waals surface area contributed by atoms with Crippen molar-refractivity contribution in [2.75, 3.05) is 6.61 Å². The maximum atomic E-state index is 6.08. The van der Waals surface area contributed by atoms with E-state index in [0.29, 0.717) is 6.61 Å². The fraction of sp³-hybridized carbons (Fsp3) is 0.267. The van der Waals surface area contributed by atoms with Crippen molar-refractivity contribution in [3.05, 3.63) is 59.4 Å². The zero-order valence-corrected chi connectivity index (χ0v) is 10.8. The number of pyridine rings is 1. The van der Waals surface area contributed by atoms with E-state index in [9.17, 15) is 0 Å². The normalized spacial score (nSPS) is 12.2. The van der Waals surface area contributed by atoms with Gasteiger partial charge in [-0.2, -0.15) is 0 Å². The van der Waals surface area contributed by atoms with Gasteiger partial charge in [0, 0.05) is 5.69 Å². The lowest BCUT2D eigenvalue weighted by Crippen LogP contribution is -2.19. The van der Waals surface area contributed by atoms with E-state index < -0.39 is 0 Å². The van der Waals surface area contributed by atoms with Gasteiger partial charge in [0.05, 0.1) is 12.2 Å². The van der Waals surface area contributed by atoms with Gasteiger partial charge >= 0.3 is 0 Å². The molecule has 1 heterocycles. The number of ether oxygens (including phenoxy) is 1. The Hall–Kier alpha value is -1.87. The topological polar surface area (TPSA) is 48.1 Å². The fourth-order valence-corrected chi connectivity index (χ4v) is 1.81. The summed E-state index contributed by atoms with van der Waals surface area (Å²) in [4.78, 5) is 4.22. The molecule has 18 heavy (non-hydrogen) atoms. The third-order valence-electron chi connectivity index (χ3n) is 2.85. The minimum absolute atomic E-state index is 0.119. The van der Waals surface area contributed by atoms with Gasteiger partial charge in [-0.25, -0.2) is 0 Å². The largest absolute Gasteiger partial charge is 0.490 e. The molecule has 0 fully saturated rings. The smallest absolute Gasteiger partial charge is 0.140 e. The number of hydrogen-bond acceptors (Lipinski definition) is 3. The lowest BCUT2D eigenvalue weighted by molar-refractivity contribution is 0.287. The molecule has 2 rings (SSSR count). The molecule has 0 radical (unpaired) electrons. The van der Waals surface area contributed by atoms with Crippen LogP contribution in [0.2, 0.25) is 0 Å². The highest BCUT2D eigenvalue weighted by Gasteiger charge is 2.07. The number of aromatic nitrogens is 1. The van der Waals surface area contributed by atoms with Crippen molar-refractivity contribution in [1.29, 1.82) is 0 Å². The van der Waals surface area contributed by atoms with E-state index in [1.54, 1.807) is 6.20 Å². The highest BCUT2D eigenvalue weighted by Crippen LogP contribution is 2.18. The molecule has 94 valence electrons. The summed E-state index contributed by atoms with van der Waals surface area (Å²) in [5.74, 6) is 0.798. The van der Waals surface area contributed by atoms with E-state index in [-0.39, 0.29) is 6.04 Å². The zero-order valence-electron chi connectivity index (χ0n) is 10.8. The van der Waals surface area contributed by atoms with Gasteiger partial charge in [-0.1, -0.05) is 30.3 Å². The Labute approximate surface area is 108 Å². The van der Waals surface area contributed by atoms with Crippen molar-refractivity contribution in [2.45, 2.75) is 19.9 Å². The van der Waals surface area contributed by atoms with Crippen LogP contribution in [0.25, 0.3) is 0 Å². The Kier molecular flexibility index (Phi) is 3.95. The minimum atomic E-state index is -0.119. The van der Waals surface area contributed by atoms with Crippen LogP contribution in [-0.2, 0) is 0 Å². The van der Waals surface area contributed by atoms with Crippen LogP contribution in [0.5, 0.6) is 5.75 Å². The molecule has 2 aromatic rings. The third-order valence-corrected chi connectivity index (χ3v) is 2.85. The first-order valence-corrected chi connectivity index (χ1v) is 6.03. The first kappa shape index (κ1) is 12.6. The number of benzene rings is 1. The lowest BCUT2D eigenvalue weighted by atomic mass is 10.1. The minimum Gasteiger partial charge on any atom is -0.490 e. The Morgan fingerprint density at radius 3 is 2.61 bits per heavy atom. The molecule has 2 N–H and O–H groups in total. The Bertz CT molecular complexity index is 511. The Morgan fingerprint density at radius 1 is 1.22 bits per heavy atom. The molecule has 0 aliphatic rings. The predicted molar refractivity (Wildman–Crippen MR) is 72.6 cm³/mol. The van der Waals surface area contributed by atoms with Crippen molar-refractivity contribution >= 4 is 0 Å². The second-order valence-electron chi connectivity index (χ2n) is 4.42. The molecule has 1 aromatic heterocycles. The number of nitrogens with zero attached hydrogens (tertiary/aromatic N) is 1. The second-order valence-corrected chi connectivity index (χ2v) is 4.42. The molecule has 1 aromatic carbocycles. The molecule has 0 saturated heterocycles. The molecule has 0 amide bonds. The number of hydrogen-bond donors (Lipinski definition) is 1. The van der Waals surface area contributed by atoms with Crippen LogP contribution in [0, 0.1) is 13.8 Å². The summed E-state index contributed by atoms with van der Waals surface area (Å²) in [6.45, 7) is 4.43. The van der Waals surface area contributed by atoms with Gasteiger partial charge in [0.1, 0.15) is 12.4 Å². The summed E-state index contributed by atoms with van der Waals surface area (Å²) < 4.78 is 5.72. The monoisotopic (exact) mass is 242 g/mol. The van der Waals surface area contributed by atoms with E-state index >= 15 is 0 Å². The van der Waals surface area contributed by atoms with Crippen molar-refractivity contribution in [3.8, 4) is 5.75 Å². The molecule has 3 nitrogen and oxygen atoms in total. The van der Waals surface area contributed by atoms with Gasteiger partial charge in [0.25, 0.3) is 0 Å². The summed E-state index contributed by atoms with van der Waals surface area (Å²) in [5.41, 5.74) is 9.23. The van der Waals surface area contributed by atoms with E-state index in [1.165, 1.54) is 0 Å². The standard InChI is InChI=1S/C15H18N2O/c1-11-8-12(2)17-9-15(11)18-10-14(16)13-6-4-3-5-7-13/h3-9,14H,10,16H2,1-2H3. The van der Waals surface area contributed by atoms with Gasteiger partial charge in [0.2, 0.25) is 0 Å². The van der Waals surface area contributed by atoms with Crippen LogP contribution in [0.3, 0.4) is 0 Å². The van der Waals surface area contributed by atoms with E-state index in [4.69, 9.17) is 10.5 Å². The molecule has 0 aliphatic carbocycles. The maximum Gasteiger partial charge on any atom is 0.140 e. The molecule has 0 saturated carbocycles. The quantitative estimate of drug-likeness (QED) is 0.896. The average molecular weight is 242 g/mol. The maximum absolute atomic E-state index is 6.08. The van der Waals surface area contributed by atoms with Crippen molar-refractivity contribution in [2.24, 2.45) is 5.73 Å². The lowest BCUT2D eigenvalue weighted by Gasteiger charge is -2.14. The Morgan fingerprint density at radius 2 is 1.94 bits per heavy atom.